The average Bonchev–Trinajstić information content (AvgIpc) is 2.35. The summed E-state index contributed by atoms with van der Waals surface area (Å²) in [7, 11) is 0. The Bertz CT molecular complexity index is 549. The maximum atomic E-state index is 13.8. The third-order valence-corrected chi connectivity index (χ3v) is 2.74. The number of aliphatic hydroxyl groups is 1. The lowest BCUT2D eigenvalue weighted by atomic mass is 10.1. The fraction of sp³-hybridized carbons (Fsp3) is 0.462. The van der Waals surface area contributed by atoms with Gasteiger partial charge in [-0.15, -0.1) is 0 Å². The second kappa shape index (κ2) is 7.07. The van der Waals surface area contributed by atoms with E-state index in [0.717, 1.165) is 0 Å². The van der Waals surface area contributed by atoms with Crippen LogP contribution in [0, 0.1) is 27.7 Å². The minimum absolute atomic E-state index is 0.184. The Labute approximate surface area is 119 Å². The molecule has 0 saturated heterocycles. The van der Waals surface area contributed by atoms with Gasteiger partial charge in [0.1, 0.15) is 11.4 Å². The van der Waals surface area contributed by atoms with Gasteiger partial charge in [0.2, 0.25) is 5.82 Å². The minimum Gasteiger partial charge on any atom is -0.391 e. The quantitative estimate of drug-likeness (QED) is 0.621. The van der Waals surface area contributed by atoms with Crippen LogP contribution in [0.1, 0.15) is 30.6 Å². The highest BCUT2D eigenvalue weighted by atomic mass is 19.1. The zero-order valence-electron chi connectivity index (χ0n) is 11.6. The van der Waals surface area contributed by atoms with Crippen LogP contribution in [0.3, 0.4) is 0 Å². The van der Waals surface area contributed by atoms with Crippen LogP contribution in [0.2, 0.25) is 0 Å². The molecule has 8 heteroatoms. The molecule has 1 atom stereocenters. The van der Waals surface area contributed by atoms with Crippen molar-refractivity contribution in [2.24, 2.45) is 5.92 Å². The Morgan fingerprint density at radius 3 is 2.57 bits per heavy atom. The Morgan fingerprint density at radius 2 is 2.05 bits per heavy atom. The maximum absolute atomic E-state index is 13.8. The monoisotopic (exact) mass is 302 g/mol. The van der Waals surface area contributed by atoms with E-state index in [1.807, 2.05) is 13.8 Å². The molecule has 0 fully saturated rings. The van der Waals surface area contributed by atoms with Gasteiger partial charge >= 0.3 is 5.69 Å². The van der Waals surface area contributed by atoms with Crippen LogP contribution < -0.4 is 5.32 Å². The number of hydrogen-bond acceptors (Lipinski definition) is 4. The van der Waals surface area contributed by atoms with Crippen LogP contribution in [0.15, 0.2) is 12.1 Å². The van der Waals surface area contributed by atoms with E-state index in [1.165, 1.54) is 0 Å². The Morgan fingerprint density at radius 1 is 1.43 bits per heavy atom. The Hall–Kier alpha value is -2.09. The molecule has 0 heterocycles. The van der Waals surface area contributed by atoms with Crippen molar-refractivity contribution in [2.45, 2.75) is 26.4 Å². The predicted octanol–water partition coefficient (Wildman–Crippen LogP) is 2.01. The Kier molecular flexibility index (Phi) is 5.71. The van der Waals surface area contributed by atoms with Crippen molar-refractivity contribution >= 4 is 11.6 Å². The molecule has 1 aromatic carbocycles. The highest BCUT2D eigenvalue weighted by Gasteiger charge is 2.26. The molecule has 21 heavy (non-hydrogen) atoms. The number of aliphatic hydroxyl groups excluding tert-OH is 1. The first-order chi connectivity index (χ1) is 9.73. The molecule has 0 saturated carbocycles. The summed E-state index contributed by atoms with van der Waals surface area (Å²) in [5, 5.41) is 22.3. The van der Waals surface area contributed by atoms with E-state index in [2.05, 4.69) is 5.32 Å². The lowest BCUT2D eigenvalue weighted by Gasteiger charge is -2.14. The van der Waals surface area contributed by atoms with Crippen molar-refractivity contribution in [2.75, 3.05) is 6.54 Å². The normalized spacial score (nSPS) is 12.3. The molecule has 1 unspecified atom stereocenters. The molecule has 0 spiro atoms. The first kappa shape index (κ1) is 17.0. The van der Waals surface area contributed by atoms with Crippen molar-refractivity contribution in [3.8, 4) is 0 Å². The van der Waals surface area contributed by atoms with Crippen molar-refractivity contribution in [1.29, 1.82) is 0 Å². The lowest BCUT2D eigenvalue weighted by Crippen LogP contribution is -2.33. The van der Waals surface area contributed by atoms with E-state index in [4.69, 9.17) is 0 Å². The van der Waals surface area contributed by atoms with Gasteiger partial charge in [0.25, 0.3) is 5.91 Å². The van der Waals surface area contributed by atoms with Gasteiger partial charge in [-0.1, -0.05) is 13.8 Å². The van der Waals surface area contributed by atoms with E-state index in [-0.39, 0.29) is 12.5 Å². The van der Waals surface area contributed by atoms with Crippen molar-refractivity contribution < 1.29 is 23.6 Å². The first-order valence-electron chi connectivity index (χ1n) is 6.32. The van der Waals surface area contributed by atoms with Gasteiger partial charge in [-0.3, -0.25) is 14.9 Å². The summed E-state index contributed by atoms with van der Waals surface area (Å²) >= 11 is 0. The van der Waals surface area contributed by atoms with Gasteiger partial charge in [-0.05, 0) is 18.4 Å². The minimum atomic E-state index is -1.53. The van der Waals surface area contributed by atoms with Crippen LogP contribution in [0.4, 0.5) is 14.5 Å². The number of carbonyl (C=O) groups is 1. The maximum Gasteiger partial charge on any atom is 0.305 e. The van der Waals surface area contributed by atoms with E-state index < -0.39 is 39.8 Å². The number of hydrogen-bond donors (Lipinski definition) is 2. The molecule has 6 nitrogen and oxygen atoms in total. The van der Waals surface area contributed by atoms with Crippen LogP contribution >= 0.6 is 0 Å². The largest absolute Gasteiger partial charge is 0.391 e. The highest BCUT2D eigenvalue weighted by molar-refractivity contribution is 5.95. The summed E-state index contributed by atoms with van der Waals surface area (Å²) in [4.78, 5) is 21.3. The topological polar surface area (TPSA) is 92.5 Å². The zero-order valence-corrected chi connectivity index (χ0v) is 11.6. The average molecular weight is 302 g/mol. The molecule has 0 aliphatic heterocycles. The fourth-order valence-electron chi connectivity index (χ4n) is 1.82. The number of nitro benzene ring substituents is 1. The summed E-state index contributed by atoms with van der Waals surface area (Å²) in [6, 6.07) is 1.30. The van der Waals surface area contributed by atoms with E-state index >= 15 is 0 Å². The molecule has 0 aliphatic rings. The third kappa shape index (κ3) is 4.45. The molecule has 0 aromatic heterocycles. The van der Waals surface area contributed by atoms with Crippen LogP contribution in [-0.2, 0) is 0 Å². The second-order valence-electron chi connectivity index (χ2n) is 5.01. The number of nitrogens with zero attached hydrogens (tertiary/aromatic N) is 1. The van der Waals surface area contributed by atoms with Crippen molar-refractivity contribution in [1.82, 2.24) is 5.32 Å². The van der Waals surface area contributed by atoms with Crippen LogP contribution in [0.5, 0.6) is 0 Å². The van der Waals surface area contributed by atoms with Crippen molar-refractivity contribution in [3.05, 3.63) is 39.4 Å². The third-order valence-electron chi connectivity index (χ3n) is 2.74. The van der Waals surface area contributed by atoms with Gasteiger partial charge in [0.05, 0.1) is 11.0 Å². The summed E-state index contributed by atoms with van der Waals surface area (Å²) in [5.74, 6) is -3.69. The van der Waals surface area contributed by atoms with E-state index in [1.54, 1.807) is 0 Å². The molecular weight excluding hydrogens is 286 g/mol. The molecule has 0 aliphatic carbocycles. The number of benzene rings is 1. The summed E-state index contributed by atoms with van der Waals surface area (Å²) < 4.78 is 27.3. The SMILES string of the molecule is CC(C)CC(O)CNC(=O)c1c(F)ccc([N+](=O)[O-])c1F. The van der Waals surface area contributed by atoms with Gasteiger partial charge in [-0.25, -0.2) is 4.39 Å². The highest BCUT2D eigenvalue weighted by Crippen LogP contribution is 2.22. The first-order valence-corrected chi connectivity index (χ1v) is 6.32. The van der Waals surface area contributed by atoms with Crippen LogP contribution in [0.25, 0.3) is 0 Å². The fourth-order valence-corrected chi connectivity index (χ4v) is 1.82. The van der Waals surface area contributed by atoms with Crippen LogP contribution in [-0.4, -0.2) is 28.6 Å². The summed E-state index contributed by atoms with van der Waals surface area (Å²) in [6.45, 7) is 3.54. The predicted molar refractivity (Wildman–Crippen MR) is 70.8 cm³/mol. The molecule has 0 bridgehead atoms. The number of carbonyl (C=O) groups excluding carboxylic acids is 1. The molecule has 2 N–H and O–H groups in total. The number of nitro groups is 1. The number of amides is 1. The second-order valence-corrected chi connectivity index (χ2v) is 5.01. The number of rotatable bonds is 6. The lowest BCUT2D eigenvalue weighted by molar-refractivity contribution is -0.387. The standard InChI is InChI=1S/C13H16F2N2O4/c1-7(2)5-8(18)6-16-13(19)11-9(14)3-4-10(12(11)15)17(20)21/h3-4,7-8,18H,5-6H2,1-2H3,(H,16,19). The van der Waals surface area contributed by atoms with E-state index in [0.29, 0.717) is 18.6 Å². The van der Waals surface area contributed by atoms with Gasteiger partial charge in [0, 0.05) is 12.6 Å². The molecule has 1 aromatic rings. The Balaban J connectivity index is 2.88. The number of nitrogens with one attached hydrogen (secondary N) is 1. The smallest absolute Gasteiger partial charge is 0.305 e. The van der Waals surface area contributed by atoms with Crippen molar-refractivity contribution in [3.63, 3.8) is 0 Å². The zero-order chi connectivity index (χ0) is 16.2. The summed E-state index contributed by atoms with van der Waals surface area (Å²) in [6.07, 6.45) is -0.459. The molecule has 1 rings (SSSR count). The summed E-state index contributed by atoms with van der Waals surface area (Å²) in [5.41, 5.74) is -2.01. The van der Waals surface area contributed by atoms with E-state index in [9.17, 15) is 28.8 Å². The molecule has 0 radical (unpaired) electrons. The molecule has 1 amide bonds. The molecular formula is C13H16F2N2O4. The van der Waals surface area contributed by atoms with Gasteiger partial charge in [-0.2, -0.15) is 4.39 Å². The van der Waals surface area contributed by atoms with Gasteiger partial charge < -0.3 is 10.4 Å². The number of halogens is 2. The van der Waals surface area contributed by atoms with Gasteiger partial charge in [0.15, 0.2) is 0 Å². The molecule has 116 valence electrons.